The number of aliphatic carboxylic acids is 1. The van der Waals surface area contributed by atoms with Gasteiger partial charge in [-0.1, -0.05) is 64.0 Å². The average molecular weight is 298 g/mol. The summed E-state index contributed by atoms with van der Waals surface area (Å²) in [4.78, 5) is 10.3. The first-order valence-electron chi connectivity index (χ1n) is 8.71. The lowest BCUT2D eigenvalue weighted by atomic mass is 10.1. The Morgan fingerprint density at radius 1 is 0.952 bits per heavy atom. The van der Waals surface area contributed by atoms with E-state index in [0.29, 0.717) is 6.42 Å². The second-order valence-corrected chi connectivity index (χ2v) is 5.91. The Kier molecular flexibility index (Phi) is 14.9. The summed E-state index contributed by atoms with van der Waals surface area (Å²) in [7, 11) is 0. The molecule has 0 aliphatic heterocycles. The standard InChI is InChI=1S/C18H34O3/c1-2-3-4-8-11-14-17(19)15-12-9-6-5-7-10-13-16-18(20)21/h9,12,17,19H,2-8,10-11,13-16H2,1H3,(H,20,21). The van der Waals surface area contributed by atoms with Gasteiger partial charge >= 0.3 is 5.97 Å². The van der Waals surface area contributed by atoms with Gasteiger partial charge in [0.1, 0.15) is 0 Å². The Morgan fingerprint density at radius 3 is 2.33 bits per heavy atom. The third kappa shape index (κ3) is 17.1. The van der Waals surface area contributed by atoms with E-state index in [4.69, 9.17) is 5.11 Å². The third-order valence-electron chi connectivity index (χ3n) is 3.73. The van der Waals surface area contributed by atoms with E-state index in [0.717, 1.165) is 51.4 Å². The molecule has 0 amide bonds. The normalized spacial score (nSPS) is 12.9. The van der Waals surface area contributed by atoms with Gasteiger partial charge in [0.2, 0.25) is 0 Å². The van der Waals surface area contributed by atoms with Crippen molar-refractivity contribution in [3.63, 3.8) is 0 Å². The van der Waals surface area contributed by atoms with E-state index < -0.39 is 5.97 Å². The molecule has 0 bridgehead atoms. The van der Waals surface area contributed by atoms with Crippen LogP contribution in [0.4, 0.5) is 0 Å². The molecule has 3 nitrogen and oxygen atoms in total. The van der Waals surface area contributed by atoms with Gasteiger partial charge in [-0.15, -0.1) is 0 Å². The Labute approximate surface area is 130 Å². The van der Waals surface area contributed by atoms with Crippen molar-refractivity contribution in [3.05, 3.63) is 12.2 Å². The fourth-order valence-electron chi connectivity index (χ4n) is 2.36. The van der Waals surface area contributed by atoms with Gasteiger partial charge < -0.3 is 10.2 Å². The largest absolute Gasteiger partial charge is 0.481 e. The van der Waals surface area contributed by atoms with Crippen LogP contribution in [0.5, 0.6) is 0 Å². The summed E-state index contributed by atoms with van der Waals surface area (Å²) >= 11 is 0. The molecule has 3 heteroatoms. The van der Waals surface area contributed by atoms with Crippen LogP contribution in [0.25, 0.3) is 0 Å². The highest BCUT2D eigenvalue weighted by Crippen LogP contribution is 2.10. The molecule has 0 fully saturated rings. The van der Waals surface area contributed by atoms with Crippen LogP contribution in [0, 0.1) is 0 Å². The highest BCUT2D eigenvalue weighted by Gasteiger charge is 2.01. The lowest BCUT2D eigenvalue weighted by molar-refractivity contribution is -0.137. The van der Waals surface area contributed by atoms with Crippen LogP contribution in [0.1, 0.15) is 90.4 Å². The van der Waals surface area contributed by atoms with Gasteiger partial charge in [0, 0.05) is 6.42 Å². The number of carboxylic acid groups (broad SMARTS) is 1. The van der Waals surface area contributed by atoms with Crippen molar-refractivity contribution in [1.82, 2.24) is 0 Å². The molecule has 1 atom stereocenters. The predicted octanol–water partition coefficient (Wildman–Crippen LogP) is 5.08. The quantitative estimate of drug-likeness (QED) is 0.327. The monoisotopic (exact) mass is 298 g/mol. The van der Waals surface area contributed by atoms with Crippen molar-refractivity contribution in [2.24, 2.45) is 0 Å². The Hall–Kier alpha value is -0.830. The fraction of sp³-hybridized carbons (Fsp3) is 0.833. The molecule has 1 unspecified atom stereocenters. The maximum absolute atomic E-state index is 10.3. The molecule has 21 heavy (non-hydrogen) atoms. The van der Waals surface area contributed by atoms with Gasteiger partial charge in [-0.2, -0.15) is 0 Å². The molecule has 0 radical (unpaired) electrons. The summed E-state index contributed by atoms with van der Waals surface area (Å²) in [6.45, 7) is 2.21. The summed E-state index contributed by atoms with van der Waals surface area (Å²) in [5, 5.41) is 18.3. The van der Waals surface area contributed by atoms with Gasteiger partial charge in [0.25, 0.3) is 0 Å². The molecule has 0 aromatic carbocycles. The fourth-order valence-corrected chi connectivity index (χ4v) is 2.36. The van der Waals surface area contributed by atoms with Gasteiger partial charge in [0.15, 0.2) is 0 Å². The number of carboxylic acids is 1. The first kappa shape index (κ1) is 20.2. The first-order chi connectivity index (χ1) is 10.2. The number of unbranched alkanes of at least 4 members (excludes halogenated alkanes) is 8. The number of hydrogen-bond acceptors (Lipinski definition) is 2. The SMILES string of the molecule is CCCCCCCC(O)CC=CCCCCCCC(=O)O. The third-order valence-corrected chi connectivity index (χ3v) is 3.73. The summed E-state index contributed by atoms with van der Waals surface area (Å²) in [5.74, 6) is -0.696. The molecular formula is C18H34O3. The summed E-state index contributed by atoms with van der Waals surface area (Å²) in [6, 6.07) is 0. The predicted molar refractivity (Wildman–Crippen MR) is 88.5 cm³/mol. The van der Waals surface area contributed by atoms with Crippen molar-refractivity contribution in [2.75, 3.05) is 0 Å². The Morgan fingerprint density at radius 2 is 1.62 bits per heavy atom. The van der Waals surface area contributed by atoms with Crippen LogP contribution in [0.2, 0.25) is 0 Å². The smallest absolute Gasteiger partial charge is 0.303 e. The molecule has 0 spiro atoms. The molecule has 0 aliphatic carbocycles. The van der Waals surface area contributed by atoms with Gasteiger partial charge in [0.05, 0.1) is 6.10 Å². The summed E-state index contributed by atoms with van der Waals surface area (Å²) in [6.07, 6.45) is 17.3. The molecule has 0 rings (SSSR count). The molecule has 0 saturated heterocycles. The number of allylic oxidation sites excluding steroid dienone is 1. The van der Waals surface area contributed by atoms with Gasteiger partial charge in [-0.05, 0) is 32.1 Å². The number of carbonyl (C=O) groups is 1. The van der Waals surface area contributed by atoms with Crippen LogP contribution >= 0.6 is 0 Å². The number of hydrogen-bond donors (Lipinski definition) is 2. The van der Waals surface area contributed by atoms with Crippen molar-refractivity contribution >= 4 is 5.97 Å². The number of rotatable bonds is 15. The van der Waals surface area contributed by atoms with Crippen molar-refractivity contribution in [2.45, 2.75) is 96.5 Å². The van der Waals surface area contributed by atoms with Crippen molar-refractivity contribution in [3.8, 4) is 0 Å². The molecule has 0 aromatic rings. The van der Waals surface area contributed by atoms with Crippen LogP contribution in [-0.4, -0.2) is 22.3 Å². The minimum absolute atomic E-state index is 0.182. The number of aliphatic hydroxyl groups excluding tert-OH is 1. The molecule has 0 heterocycles. The van der Waals surface area contributed by atoms with Crippen LogP contribution in [-0.2, 0) is 4.79 Å². The minimum Gasteiger partial charge on any atom is -0.481 e. The maximum atomic E-state index is 10.3. The second-order valence-electron chi connectivity index (χ2n) is 5.91. The van der Waals surface area contributed by atoms with Crippen LogP contribution in [0.3, 0.4) is 0 Å². The van der Waals surface area contributed by atoms with E-state index >= 15 is 0 Å². The van der Waals surface area contributed by atoms with Gasteiger partial charge in [-0.3, -0.25) is 4.79 Å². The Bertz CT molecular complexity index is 261. The zero-order chi connectivity index (χ0) is 15.8. The van der Waals surface area contributed by atoms with Crippen molar-refractivity contribution < 1.29 is 15.0 Å². The van der Waals surface area contributed by atoms with E-state index in [2.05, 4.69) is 19.1 Å². The lowest BCUT2D eigenvalue weighted by Crippen LogP contribution is -2.04. The molecule has 0 saturated carbocycles. The molecule has 124 valence electrons. The highest BCUT2D eigenvalue weighted by atomic mass is 16.4. The number of aliphatic hydroxyl groups is 1. The molecule has 0 aliphatic rings. The first-order valence-corrected chi connectivity index (χ1v) is 8.71. The molecule has 2 N–H and O–H groups in total. The summed E-state index contributed by atoms with van der Waals surface area (Å²) < 4.78 is 0. The average Bonchev–Trinajstić information content (AvgIpc) is 2.45. The molecule has 0 aromatic heterocycles. The van der Waals surface area contributed by atoms with Gasteiger partial charge in [-0.25, -0.2) is 0 Å². The van der Waals surface area contributed by atoms with E-state index in [1.165, 1.54) is 25.7 Å². The zero-order valence-corrected chi connectivity index (χ0v) is 13.7. The summed E-state index contributed by atoms with van der Waals surface area (Å²) in [5.41, 5.74) is 0. The molecular weight excluding hydrogens is 264 g/mol. The van der Waals surface area contributed by atoms with E-state index in [1.807, 2.05) is 0 Å². The lowest BCUT2D eigenvalue weighted by Gasteiger charge is -2.07. The van der Waals surface area contributed by atoms with E-state index in [1.54, 1.807) is 0 Å². The topological polar surface area (TPSA) is 57.5 Å². The maximum Gasteiger partial charge on any atom is 0.303 e. The van der Waals surface area contributed by atoms with E-state index in [9.17, 15) is 9.90 Å². The zero-order valence-electron chi connectivity index (χ0n) is 13.7. The minimum atomic E-state index is -0.696. The highest BCUT2D eigenvalue weighted by molar-refractivity contribution is 5.66. The van der Waals surface area contributed by atoms with E-state index in [-0.39, 0.29) is 6.10 Å². The Balaban J connectivity index is 3.28. The van der Waals surface area contributed by atoms with Crippen LogP contribution < -0.4 is 0 Å². The van der Waals surface area contributed by atoms with Crippen molar-refractivity contribution in [1.29, 1.82) is 0 Å². The second kappa shape index (κ2) is 15.6. The van der Waals surface area contributed by atoms with Crippen LogP contribution in [0.15, 0.2) is 12.2 Å².